The lowest BCUT2D eigenvalue weighted by molar-refractivity contribution is -0.193. The Morgan fingerprint density at radius 1 is 0.559 bits per heavy atom. The van der Waals surface area contributed by atoms with E-state index in [-0.39, 0.29) is 80.5 Å². The number of ketones is 2. The number of hydrogen-bond acceptors (Lipinski definition) is 18. The number of aromatic carboxylic acids is 1. The van der Waals surface area contributed by atoms with E-state index in [4.69, 9.17) is 47.5 Å². The third-order valence-electron chi connectivity index (χ3n) is 13.9. The van der Waals surface area contributed by atoms with E-state index in [0.717, 1.165) is 44.0 Å². The summed E-state index contributed by atoms with van der Waals surface area (Å²) in [5.41, 5.74) is 14.7. The number of Topliss-reactive ketones (excluding diaryl/α,β-unsaturated/α-hetero) is 2. The van der Waals surface area contributed by atoms with Crippen LogP contribution in [0.5, 0.6) is 17.2 Å². The van der Waals surface area contributed by atoms with Gasteiger partial charge >= 0.3 is 18.3 Å². The zero-order valence-corrected chi connectivity index (χ0v) is 56.9. The summed E-state index contributed by atoms with van der Waals surface area (Å²) in [6.07, 6.45) is 0.500. The largest absolute Gasteiger partial charge is 0.506 e. The van der Waals surface area contributed by atoms with E-state index >= 15 is 0 Å². The Bertz CT molecular complexity index is 4280. The minimum atomic E-state index is -1.09. The van der Waals surface area contributed by atoms with E-state index in [1.165, 1.54) is 45.9 Å². The van der Waals surface area contributed by atoms with Gasteiger partial charge in [0.05, 0.1) is 30.4 Å². The lowest BCUT2D eigenvalue weighted by Gasteiger charge is -2.19. The number of nitrogens with zero attached hydrogens (tertiary/aromatic N) is 5. The Balaban J connectivity index is 0.000000243. The van der Waals surface area contributed by atoms with Gasteiger partial charge in [0, 0.05) is 57.0 Å². The summed E-state index contributed by atoms with van der Waals surface area (Å²) in [6, 6.07) is 39.1. The van der Waals surface area contributed by atoms with Crippen LogP contribution >= 0.6 is 57.2 Å². The second-order valence-corrected chi connectivity index (χ2v) is 26.4. The molecule has 0 fully saturated rings. The van der Waals surface area contributed by atoms with Crippen LogP contribution in [0.4, 0.5) is 0 Å². The highest BCUT2D eigenvalue weighted by Gasteiger charge is 2.23. The van der Waals surface area contributed by atoms with Gasteiger partial charge in [0.15, 0.2) is 23.0 Å². The molecule has 93 heavy (non-hydrogen) atoms. The Morgan fingerprint density at radius 3 is 1.38 bits per heavy atom. The van der Waals surface area contributed by atoms with Crippen LogP contribution in [-0.4, -0.2) is 96.2 Å². The summed E-state index contributed by atoms with van der Waals surface area (Å²) in [6.45, 7) is 22.2. The monoisotopic (exact) mass is 1350 g/mol. The molecule has 0 aliphatic carbocycles. The molecule has 18 nitrogen and oxygen atoms in total. The van der Waals surface area contributed by atoms with Gasteiger partial charge in [-0.05, 0) is 92.0 Å². The third-order valence-corrected chi connectivity index (χ3v) is 17.8. The van der Waals surface area contributed by atoms with Crippen molar-refractivity contribution in [1.82, 2.24) is 15.2 Å². The average Bonchev–Trinajstić information content (AvgIpc) is 1.71. The molecule has 23 heteroatoms. The number of thiophene rings is 3. The van der Waals surface area contributed by atoms with Gasteiger partial charge in [0.2, 0.25) is 0 Å². The molecule has 0 atom stereocenters. The number of amides is 1. The molecule has 0 aliphatic heterocycles. The van der Waals surface area contributed by atoms with E-state index in [1.807, 2.05) is 104 Å². The van der Waals surface area contributed by atoms with Crippen LogP contribution in [-0.2, 0) is 37.1 Å². The topological polar surface area (TPSA) is 284 Å². The number of nitrogens with one attached hydrogen (secondary N) is 1. The van der Waals surface area contributed by atoms with E-state index in [2.05, 4.69) is 79.3 Å². The first-order valence-electron chi connectivity index (χ1n) is 28.3. The van der Waals surface area contributed by atoms with Gasteiger partial charge < -0.3 is 20.4 Å². The zero-order valence-electron chi connectivity index (χ0n) is 53.0. The second-order valence-electron chi connectivity index (χ2n) is 22.8. The van der Waals surface area contributed by atoms with Crippen molar-refractivity contribution in [2.45, 2.75) is 87.0 Å². The van der Waals surface area contributed by atoms with Crippen LogP contribution in [0.3, 0.4) is 0 Å². The molecule has 5 N–H and O–H groups in total. The second kappa shape index (κ2) is 33.7. The molecular formula is C70H68Cl2N6O12S3. The highest BCUT2D eigenvalue weighted by molar-refractivity contribution is 7.16. The van der Waals surface area contributed by atoms with Crippen LogP contribution in [0.25, 0.3) is 32.1 Å². The van der Waals surface area contributed by atoms with Crippen LogP contribution in [0.15, 0.2) is 153 Å². The van der Waals surface area contributed by atoms with Gasteiger partial charge in [-0.15, -0.1) is 34.0 Å². The van der Waals surface area contributed by atoms with Crippen molar-refractivity contribution in [3.05, 3.63) is 208 Å². The molecule has 5 aromatic carbocycles. The number of carboxylic acid groups (broad SMARTS) is 1. The number of aliphatic imine (C=N–C) groups is 2. The maximum atomic E-state index is 12.3. The SMILES string of the molecule is C/C(=N\NC(=O)c1ccc(C(=O)O)s1)c1nn(C)c(-c2ccc(C(C)(C)C)cc2)c1O.CC(=NCC(=O)c1ccc(C)cc1)c1csc(-c2ccc(C(C)(C)C)cc2)c1O.CC(=NCC(=O)c1ccc(C)cc1)c1csc(-c2ccc(Cl)c(Cl)c2)c1O.O=C=O.O=C=O. The number of carbonyl (C=O) groups excluding carboxylic acids is 7. The number of hydrogen-bond donors (Lipinski definition) is 5. The number of aromatic nitrogens is 2. The average molecular weight is 1350 g/mol. The standard InChI is InChI=1S/C25H27NO2S.C22H24N4O4S.C21H17Cl2NO2S.2CO2/c1-16-6-8-18(9-7-16)22(27)14-26-17(2)21-15-29-24(23(21)28)19-10-12-20(13-11-19)25(3,4)5;1-12(23-24-20(28)15-10-11-16(31-15)21(29)30)17-19(27)18(26(5)25-17)13-6-8-14(9-7-13)22(2,3)4;1-12-3-5-14(6-4-12)19(25)10-24-13(2)16-11-27-21(20(16)26)15-7-8-17(22)18(23)9-15;2*2-1-3/h6-13,15,28H,14H2,1-5H3;6-11,27H,1-5H3,(H,24,28)(H,29,30);3-9,11,26H,10H2,1-2H3;;/b;23-12+;;;. The van der Waals surface area contributed by atoms with Crippen LogP contribution in [0.2, 0.25) is 10.0 Å². The minimum absolute atomic E-state index is 0.0213. The quantitative estimate of drug-likeness (QED) is 0.0363. The van der Waals surface area contributed by atoms with Crippen molar-refractivity contribution in [3.8, 4) is 49.4 Å². The smallest absolute Gasteiger partial charge is 0.373 e. The number of carbonyl (C=O) groups is 4. The first kappa shape index (κ1) is 74.2. The van der Waals surface area contributed by atoms with E-state index in [0.29, 0.717) is 60.0 Å². The van der Waals surface area contributed by atoms with Crippen molar-refractivity contribution >= 4 is 110 Å². The van der Waals surface area contributed by atoms with Gasteiger partial charge in [0.25, 0.3) is 5.91 Å². The van der Waals surface area contributed by atoms with Crippen LogP contribution in [0, 0.1) is 13.8 Å². The van der Waals surface area contributed by atoms with Crippen LogP contribution < -0.4 is 5.43 Å². The van der Waals surface area contributed by atoms with E-state index < -0.39 is 11.9 Å². The fourth-order valence-electron chi connectivity index (χ4n) is 8.62. The summed E-state index contributed by atoms with van der Waals surface area (Å²) >= 11 is 15.7. The summed E-state index contributed by atoms with van der Waals surface area (Å²) in [4.78, 5) is 90.9. The third kappa shape index (κ3) is 20.5. The first-order chi connectivity index (χ1) is 43.8. The minimum Gasteiger partial charge on any atom is -0.506 e. The molecule has 0 spiro atoms. The van der Waals surface area contributed by atoms with E-state index in [9.17, 15) is 34.5 Å². The van der Waals surface area contributed by atoms with Crippen molar-refractivity contribution in [2.24, 2.45) is 22.1 Å². The fraction of sp³-hybridized carbons (Fsp3) is 0.229. The van der Waals surface area contributed by atoms with Crippen molar-refractivity contribution in [3.63, 3.8) is 0 Å². The highest BCUT2D eigenvalue weighted by atomic mass is 35.5. The molecule has 4 aromatic heterocycles. The predicted molar refractivity (Wildman–Crippen MR) is 367 cm³/mol. The maximum Gasteiger partial charge on any atom is 0.373 e. The van der Waals surface area contributed by atoms with E-state index in [1.54, 1.807) is 55.9 Å². The van der Waals surface area contributed by atoms with Crippen LogP contribution in [0.1, 0.15) is 141 Å². The van der Waals surface area contributed by atoms with Gasteiger partial charge in [-0.1, -0.05) is 179 Å². The molecule has 0 aliphatic rings. The molecule has 0 unspecified atom stereocenters. The van der Waals surface area contributed by atoms with Gasteiger partial charge in [-0.2, -0.15) is 29.4 Å². The molecule has 0 radical (unpaired) electrons. The molecule has 482 valence electrons. The lowest BCUT2D eigenvalue weighted by atomic mass is 9.86. The first-order valence-corrected chi connectivity index (χ1v) is 31.6. The molecule has 9 aromatic rings. The number of aromatic hydroxyl groups is 3. The normalized spacial score (nSPS) is 11.4. The number of halogens is 2. The predicted octanol–water partition coefficient (Wildman–Crippen LogP) is 15.7. The molecule has 4 heterocycles. The summed E-state index contributed by atoms with van der Waals surface area (Å²) in [5.74, 6) is -1.41. The number of rotatable bonds is 15. The number of hydrazone groups is 1. The van der Waals surface area contributed by atoms with Gasteiger partial charge in [-0.25, -0.2) is 10.2 Å². The summed E-state index contributed by atoms with van der Waals surface area (Å²) in [5, 5.41) is 54.0. The fourth-order valence-corrected chi connectivity index (χ4v) is 11.7. The van der Waals surface area contributed by atoms with Crippen molar-refractivity contribution < 1.29 is 58.8 Å². The highest BCUT2D eigenvalue weighted by Crippen LogP contribution is 2.42. The Morgan fingerprint density at radius 2 is 0.968 bits per heavy atom. The lowest BCUT2D eigenvalue weighted by Crippen LogP contribution is -2.18. The number of benzene rings is 5. The van der Waals surface area contributed by atoms with Gasteiger partial charge in [0.1, 0.15) is 35.2 Å². The zero-order chi connectivity index (χ0) is 69.1. The summed E-state index contributed by atoms with van der Waals surface area (Å²) < 4.78 is 1.57. The molecule has 0 bridgehead atoms. The molecular weight excluding hydrogens is 1280 g/mol. The molecule has 1 amide bonds. The Hall–Kier alpha value is -9.56. The summed E-state index contributed by atoms with van der Waals surface area (Å²) in [7, 11) is 1.72. The number of carboxylic acids is 1. The molecule has 0 saturated carbocycles. The van der Waals surface area contributed by atoms with Gasteiger partial charge in [-0.3, -0.25) is 29.1 Å². The maximum absolute atomic E-state index is 12.3. The molecule has 0 saturated heterocycles. The molecule has 9 rings (SSSR count). The van der Waals surface area contributed by atoms with Crippen molar-refractivity contribution in [1.29, 1.82) is 0 Å². The Kier molecular flexibility index (Phi) is 26.9. The Labute approximate surface area is 560 Å². The number of aryl methyl sites for hydroxylation is 3. The van der Waals surface area contributed by atoms with Crippen molar-refractivity contribution in [2.75, 3.05) is 13.1 Å².